The van der Waals surface area contributed by atoms with Gasteiger partial charge in [-0.25, -0.2) is 9.07 Å². The number of rotatable bonds is 7. The van der Waals surface area contributed by atoms with Crippen molar-refractivity contribution in [2.45, 2.75) is 44.3 Å². The minimum atomic E-state index is -0.229. The molecule has 1 aromatic carbocycles. The molecule has 2 heterocycles. The Kier molecular flexibility index (Phi) is 6.29. The Labute approximate surface area is 165 Å². The van der Waals surface area contributed by atoms with Crippen LogP contribution in [-0.2, 0) is 11.3 Å². The number of aromatic nitrogens is 4. The topological polar surface area (TPSA) is 59.3 Å². The normalized spacial score (nSPS) is 20.6. The zero-order chi connectivity index (χ0) is 19.3. The summed E-state index contributed by atoms with van der Waals surface area (Å²) in [7, 11) is 1.67. The number of hydrogen-bond acceptors (Lipinski definition) is 6. The van der Waals surface area contributed by atoms with Crippen molar-refractivity contribution in [1.82, 2.24) is 30.0 Å². The van der Waals surface area contributed by atoms with Crippen LogP contribution in [0, 0.1) is 5.82 Å². The van der Waals surface area contributed by atoms with Crippen LogP contribution in [0.1, 0.15) is 43.1 Å². The second-order valence-corrected chi connectivity index (χ2v) is 7.72. The fraction of sp³-hybridized carbons (Fsp3) is 0.650. The van der Waals surface area contributed by atoms with Gasteiger partial charge in [0.15, 0.2) is 5.82 Å². The summed E-state index contributed by atoms with van der Waals surface area (Å²) in [5.74, 6) is 0.561. The molecule has 152 valence electrons. The Morgan fingerprint density at radius 3 is 2.50 bits per heavy atom. The summed E-state index contributed by atoms with van der Waals surface area (Å²) >= 11 is 0. The smallest absolute Gasteiger partial charge is 0.173 e. The van der Waals surface area contributed by atoms with Crippen molar-refractivity contribution in [3.63, 3.8) is 0 Å². The van der Waals surface area contributed by atoms with E-state index in [4.69, 9.17) is 4.74 Å². The van der Waals surface area contributed by atoms with E-state index in [2.05, 4.69) is 25.3 Å². The monoisotopic (exact) mass is 388 g/mol. The van der Waals surface area contributed by atoms with Gasteiger partial charge in [-0.05, 0) is 41.0 Å². The molecule has 7 nitrogen and oxygen atoms in total. The molecule has 1 saturated heterocycles. The fourth-order valence-corrected chi connectivity index (χ4v) is 4.54. The predicted octanol–water partition coefficient (Wildman–Crippen LogP) is 2.11. The summed E-state index contributed by atoms with van der Waals surface area (Å²) in [4.78, 5) is 5.06. The highest BCUT2D eigenvalue weighted by Crippen LogP contribution is 2.30. The van der Waals surface area contributed by atoms with Crippen LogP contribution in [0.25, 0.3) is 0 Å². The lowest BCUT2D eigenvalue weighted by Gasteiger charge is -2.41. The third-order valence-corrected chi connectivity index (χ3v) is 6.05. The molecule has 1 aliphatic carbocycles. The van der Waals surface area contributed by atoms with Gasteiger partial charge < -0.3 is 4.74 Å². The molecule has 0 bridgehead atoms. The maximum atomic E-state index is 13.5. The highest BCUT2D eigenvalue weighted by molar-refractivity contribution is 5.25. The van der Waals surface area contributed by atoms with Crippen molar-refractivity contribution in [3.8, 4) is 0 Å². The van der Waals surface area contributed by atoms with Gasteiger partial charge in [-0.1, -0.05) is 25.0 Å². The van der Waals surface area contributed by atoms with Crippen molar-refractivity contribution in [1.29, 1.82) is 0 Å². The average molecular weight is 388 g/mol. The molecule has 2 fully saturated rings. The molecule has 1 atom stereocenters. The molecule has 0 spiro atoms. The van der Waals surface area contributed by atoms with Gasteiger partial charge in [0.05, 0.1) is 19.2 Å². The van der Waals surface area contributed by atoms with Crippen LogP contribution in [0.15, 0.2) is 24.3 Å². The van der Waals surface area contributed by atoms with Crippen LogP contribution >= 0.6 is 0 Å². The largest absolute Gasteiger partial charge is 0.383 e. The Morgan fingerprint density at radius 1 is 1.11 bits per heavy atom. The third kappa shape index (κ3) is 4.24. The van der Waals surface area contributed by atoms with E-state index in [0.717, 1.165) is 43.6 Å². The molecule has 1 aromatic heterocycles. The SMILES string of the molecule is COCCn1nnnc1C(c1ccc(F)cc1)N1CCN(C2CCCC2)CC1. The number of methoxy groups -OCH3 is 1. The second kappa shape index (κ2) is 9.07. The molecule has 2 aromatic rings. The van der Waals surface area contributed by atoms with E-state index in [-0.39, 0.29) is 11.9 Å². The molecular formula is C20H29FN6O. The quantitative estimate of drug-likeness (QED) is 0.724. The molecule has 0 radical (unpaired) electrons. The molecule has 2 aliphatic rings. The Balaban J connectivity index is 1.55. The molecular weight excluding hydrogens is 359 g/mol. The first-order valence-corrected chi connectivity index (χ1v) is 10.2. The molecule has 1 unspecified atom stereocenters. The van der Waals surface area contributed by atoms with Gasteiger partial charge in [0.2, 0.25) is 0 Å². The third-order valence-electron chi connectivity index (χ3n) is 6.05. The van der Waals surface area contributed by atoms with Crippen LogP contribution in [-0.4, -0.2) is 75.9 Å². The maximum Gasteiger partial charge on any atom is 0.173 e. The first kappa shape index (κ1) is 19.4. The van der Waals surface area contributed by atoms with Crippen LogP contribution in [0.3, 0.4) is 0 Å². The minimum absolute atomic E-state index is 0.0850. The highest BCUT2D eigenvalue weighted by Gasteiger charge is 2.33. The zero-order valence-corrected chi connectivity index (χ0v) is 16.5. The molecule has 4 rings (SSSR count). The Hall–Kier alpha value is -1.90. The lowest BCUT2D eigenvalue weighted by Crippen LogP contribution is -2.51. The van der Waals surface area contributed by atoms with Crippen LogP contribution in [0.5, 0.6) is 0 Å². The fourth-order valence-electron chi connectivity index (χ4n) is 4.54. The predicted molar refractivity (Wildman–Crippen MR) is 103 cm³/mol. The standard InChI is InChI=1S/C20H29FN6O/c1-28-15-14-27-20(22-23-24-27)19(16-6-8-17(21)9-7-16)26-12-10-25(11-13-26)18-4-2-3-5-18/h6-9,18-19H,2-5,10-15H2,1H3. The van der Waals surface area contributed by atoms with Gasteiger partial charge >= 0.3 is 0 Å². The molecule has 0 amide bonds. The van der Waals surface area contributed by atoms with Crippen LogP contribution in [0.2, 0.25) is 0 Å². The molecule has 1 saturated carbocycles. The van der Waals surface area contributed by atoms with Gasteiger partial charge in [0.1, 0.15) is 5.82 Å². The summed E-state index contributed by atoms with van der Waals surface area (Å²) in [6.45, 7) is 5.16. The van der Waals surface area contributed by atoms with Crippen molar-refractivity contribution >= 4 is 0 Å². The van der Waals surface area contributed by atoms with E-state index in [1.54, 1.807) is 11.8 Å². The van der Waals surface area contributed by atoms with Crippen molar-refractivity contribution < 1.29 is 9.13 Å². The van der Waals surface area contributed by atoms with Crippen LogP contribution in [0.4, 0.5) is 4.39 Å². The van der Waals surface area contributed by atoms with E-state index in [0.29, 0.717) is 13.2 Å². The first-order valence-electron chi connectivity index (χ1n) is 10.2. The van der Waals surface area contributed by atoms with Crippen molar-refractivity contribution in [3.05, 3.63) is 41.5 Å². The number of halogens is 1. The number of piperazine rings is 1. The zero-order valence-electron chi connectivity index (χ0n) is 16.5. The van der Waals surface area contributed by atoms with Gasteiger partial charge in [0.25, 0.3) is 0 Å². The summed E-state index contributed by atoms with van der Waals surface area (Å²) in [5, 5.41) is 12.4. The summed E-state index contributed by atoms with van der Waals surface area (Å²) in [6, 6.07) is 7.38. The molecule has 8 heteroatoms. The molecule has 0 N–H and O–H groups in total. The van der Waals surface area contributed by atoms with E-state index in [1.165, 1.54) is 37.8 Å². The molecule has 28 heavy (non-hydrogen) atoms. The lowest BCUT2D eigenvalue weighted by molar-refractivity contribution is 0.0763. The van der Waals surface area contributed by atoms with Crippen LogP contribution < -0.4 is 0 Å². The molecule has 1 aliphatic heterocycles. The maximum absolute atomic E-state index is 13.5. The van der Waals surface area contributed by atoms with Crippen molar-refractivity contribution in [2.24, 2.45) is 0 Å². The number of hydrogen-bond donors (Lipinski definition) is 0. The Morgan fingerprint density at radius 2 is 1.82 bits per heavy atom. The highest BCUT2D eigenvalue weighted by atomic mass is 19.1. The Bertz CT molecular complexity index is 737. The summed E-state index contributed by atoms with van der Waals surface area (Å²) in [5.41, 5.74) is 1.02. The average Bonchev–Trinajstić information content (AvgIpc) is 3.41. The number of nitrogens with zero attached hydrogens (tertiary/aromatic N) is 6. The van der Waals surface area contributed by atoms with Gasteiger partial charge in [-0.3, -0.25) is 9.80 Å². The second-order valence-electron chi connectivity index (χ2n) is 7.72. The number of ether oxygens (including phenoxy) is 1. The lowest BCUT2D eigenvalue weighted by atomic mass is 10.0. The summed E-state index contributed by atoms with van der Waals surface area (Å²) in [6.07, 6.45) is 5.38. The minimum Gasteiger partial charge on any atom is -0.383 e. The summed E-state index contributed by atoms with van der Waals surface area (Å²) < 4.78 is 20.5. The van der Waals surface area contributed by atoms with E-state index < -0.39 is 0 Å². The van der Waals surface area contributed by atoms with E-state index in [9.17, 15) is 4.39 Å². The van der Waals surface area contributed by atoms with E-state index >= 15 is 0 Å². The van der Waals surface area contributed by atoms with Crippen molar-refractivity contribution in [2.75, 3.05) is 39.9 Å². The van der Waals surface area contributed by atoms with Gasteiger partial charge in [-0.15, -0.1) is 5.10 Å². The van der Waals surface area contributed by atoms with Gasteiger partial charge in [-0.2, -0.15) is 0 Å². The van der Waals surface area contributed by atoms with Gasteiger partial charge in [0, 0.05) is 39.3 Å². The number of tetrazole rings is 1. The number of benzene rings is 1. The van der Waals surface area contributed by atoms with E-state index in [1.807, 2.05) is 12.1 Å². The first-order chi connectivity index (χ1) is 13.8.